The number of hydrogen-bond acceptors (Lipinski definition) is 2. The van der Waals surface area contributed by atoms with E-state index >= 15 is 0 Å². The van der Waals surface area contributed by atoms with E-state index in [9.17, 15) is 9.18 Å². The molecule has 0 bridgehead atoms. The maximum Gasteiger partial charge on any atom is 0.242 e. The first-order valence-electron chi connectivity index (χ1n) is 6.50. The molecule has 0 heterocycles. The lowest BCUT2D eigenvalue weighted by Crippen LogP contribution is -2.31. The monoisotopic (exact) mass is 341 g/mol. The zero-order valence-corrected chi connectivity index (χ0v) is 13.4. The summed E-state index contributed by atoms with van der Waals surface area (Å²) in [6.45, 7) is 0.235. The van der Waals surface area contributed by atoms with Gasteiger partial charge in [-0.1, -0.05) is 29.8 Å². The first-order chi connectivity index (χ1) is 10.6. The van der Waals surface area contributed by atoms with Gasteiger partial charge in [0.1, 0.15) is 22.5 Å². The summed E-state index contributed by atoms with van der Waals surface area (Å²) in [5.41, 5.74) is 1.26. The topological polar surface area (TPSA) is 29.5 Å². The van der Waals surface area contributed by atoms with Crippen LogP contribution in [-0.4, -0.2) is 18.9 Å². The summed E-state index contributed by atoms with van der Waals surface area (Å²) in [6, 6.07) is 11.0. The Morgan fingerprint density at radius 1 is 1.23 bits per heavy atom. The van der Waals surface area contributed by atoms with Gasteiger partial charge in [-0.25, -0.2) is 4.39 Å². The Balaban J connectivity index is 2.38. The fourth-order valence-electron chi connectivity index (χ4n) is 2.02. The molecule has 2 aromatic carbocycles. The van der Waals surface area contributed by atoms with Crippen LogP contribution in [0.4, 0.5) is 10.1 Å². The molecule has 0 atom stereocenters. The summed E-state index contributed by atoms with van der Waals surface area (Å²) in [7, 11) is 1.50. The van der Waals surface area contributed by atoms with E-state index in [2.05, 4.69) is 0 Å². The van der Waals surface area contributed by atoms with E-state index in [4.69, 9.17) is 27.9 Å². The van der Waals surface area contributed by atoms with Gasteiger partial charge in [-0.15, -0.1) is 11.6 Å². The van der Waals surface area contributed by atoms with Crippen LogP contribution in [0.25, 0.3) is 0 Å². The third-order valence-electron chi connectivity index (χ3n) is 3.12. The minimum absolute atomic E-state index is 0.186. The van der Waals surface area contributed by atoms with Crippen molar-refractivity contribution in [2.24, 2.45) is 0 Å². The summed E-state index contributed by atoms with van der Waals surface area (Å²) < 4.78 is 18.2. The van der Waals surface area contributed by atoms with Gasteiger partial charge in [-0.05, 0) is 29.8 Å². The fraction of sp³-hybridized carbons (Fsp3) is 0.188. The van der Waals surface area contributed by atoms with Crippen molar-refractivity contribution in [2.45, 2.75) is 6.54 Å². The van der Waals surface area contributed by atoms with E-state index in [0.717, 1.165) is 5.56 Å². The van der Waals surface area contributed by atoms with Gasteiger partial charge in [0.05, 0.1) is 19.3 Å². The van der Waals surface area contributed by atoms with E-state index in [1.54, 1.807) is 30.3 Å². The number of amides is 1. The normalized spacial score (nSPS) is 10.4. The number of ether oxygens (including phenoxy) is 1. The predicted molar refractivity (Wildman–Crippen MR) is 86.3 cm³/mol. The largest absolute Gasteiger partial charge is 0.495 e. The molecule has 0 saturated heterocycles. The summed E-state index contributed by atoms with van der Waals surface area (Å²) in [4.78, 5) is 13.6. The van der Waals surface area contributed by atoms with Gasteiger partial charge in [-0.2, -0.15) is 0 Å². The summed E-state index contributed by atoms with van der Waals surface area (Å²) in [5, 5.41) is 0.325. The van der Waals surface area contributed by atoms with Crippen molar-refractivity contribution >= 4 is 34.8 Å². The third kappa shape index (κ3) is 3.70. The van der Waals surface area contributed by atoms with Crippen molar-refractivity contribution in [1.82, 2.24) is 0 Å². The van der Waals surface area contributed by atoms with E-state index in [1.165, 1.54) is 24.1 Å². The Kier molecular flexibility index (Phi) is 5.63. The highest BCUT2D eigenvalue weighted by atomic mass is 35.5. The molecule has 0 radical (unpaired) electrons. The molecule has 2 aromatic rings. The highest BCUT2D eigenvalue weighted by Gasteiger charge is 2.20. The number of hydrogen-bond donors (Lipinski definition) is 0. The van der Waals surface area contributed by atoms with Gasteiger partial charge in [-0.3, -0.25) is 4.79 Å². The summed E-state index contributed by atoms with van der Waals surface area (Å²) >= 11 is 12.0. The van der Waals surface area contributed by atoms with Crippen molar-refractivity contribution < 1.29 is 13.9 Å². The molecule has 0 spiro atoms. The minimum atomic E-state index is -0.335. The SMILES string of the molecule is COc1cccc(N(Cc2ccc(F)cc2)C(=O)CCl)c1Cl. The van der Waals surface area contributed by atoms with Gasteiger partial charge >= 0.3 is 0 Å². The second kappa shape index (κ2) is 7.47. The highest BCUT2D eigenvalue weighted by molar-refractivity contribution is 6.36. The van der Waals surface area contributed by atoms with Gasteiger partial charge in [0.25, 0.3) is 0 Å². The van der Waals surface area contributed by atoms with E-state index in [1.807, 2.05) is 0 Å². The molecule has 0 aliphatic rings. The Hall–Kier alpha value is -1.78. The van der Waals surface area contributed by atoms with E-state index in [0.29, 0.717) is 16.5 Å². The Morgan fingerprint density at radius 3 is 2.50 bits per heavy atom. The van der Waals surface area contributed by atoms with Crippen LogP contribution >= 0.6 is 23.2 Å². The van der Waals surface area contributed by atoms with Crippen LogP contribution in [0.1, 0.15) is 5.56 Å². The number of carbonyl (C=O) groups excluding carboxylic acids is 1. The molecule has 1 amide bonds. The summed E-state index contributed by atoms with van der Waals surface area (Å²) in [5.74, 6) is -0.362. The smallest absolute Gasteiger partial charge is 0.242 e. The number of benzene rings is 2. The maximum atomic E-state index is 13.0. The van der Waals surface area contributed by atoms with Crippen molar-refractivity contribution in [2.75, 3.05) is 17.9 Å². The summed E-state index contributed by atoms with van der Waals surface area (Å²) in [6.07, 6.45) is 0. The van der Waals surface area contributed by atoms with Gasteiger partial charge in [0.2, 0.25) is 5.91 Å². The zero-order valence-electron chi connectivity index (χ0n) is 11.9. The van der Waals surface area contributed by atoms with E-state index in [-0.39, 0.29) is 24.1 Å². The van der Waals surface area contributed by atoms with Crippen LogP contribution in [-0.2, 0) is 11.3 Å². The van der Waals surface area contributed by atoms with Crippen molar-refractivity contribution in [3.8, 4) is 5.75 Å². The number of carbonyl (C=O) groups is 1. The zero-order chi connectivity index (χ0) is 16.1. The second-order valence-corrected chi connectivity index (χ2v) is 5.18. The number of rotatable bonds is 5. The number of nitrogens with zero attached hydrogens (tertiary/aromatic N) is 1. The van der Waals surface area contributed by atoms with E-state index < -0.39 is 0 Å². The van der Waals surface area contributed by atoms with Crippen LogP contribution in [0.15, 0.2) is 42.5 Å². The van der Waals surface area contributed by atoms with Crippen molar-refractivity contribution in [1.29, 1.82) is 0 Å². The Morgan fingerprint density at radius 2 is 1.91 bits per heavy atom. The molecule has 0 saturated carbocycles. The fourth-order valence-corrected chi connectivity index (χ4v) is 2.47. The second-order valence-electron chi connectivity index (χ2n) is 4.53. The molecule has 6 heteroatoms. The number of alkyl halides is 1. The van der Waals surface area contributed by atoms with Crippen molar-refractivity contribution in [3.63, 3.8) is 0 Å². The number of anilines is 1. The molecule has 2 rings (SSSR count). The van der Waals surface area contributed by atoms with Crippen molar-refractivity contribution in [3.05, 3.63) is 58.9 Å². The average molecular weight is 342 g/mol. The molecular weight excluding hydrogens is 328 g/mol. The average Bonchev–Trinajstić information content (AvgIpc) is 2.54. The minimum Gasteiger partial charge on any atom is -0.495 e. The molecule has 0 aromatic heterocycles. The van der Waals surface area contributed by atoms with Crippen LogP contribution < -0.4 is 9.64 Å². The van der Waals surface area contributed by atoms with Gasteiger partial charge in [0.15, 0.2) is 0 Å². The molecule has 3 nitrogen and oxygen atoms in total. The first kappa shape index (κ1) is 16.6. The maximum absolute atomic E-state index is 13.0. The molecule has 0 fully saturated rings. The van der Waals surface area contributed by atoms with Gasteiger partial charge in [0, 0.05) is 0 Å². The molecular formula is C16H14Cl2FNO2. The van der Waals surface area contributed by atoms with Gasteiger partial charge < -0.3 is 9.64 Å². The molecule has 0 aliphatic heterocycles. The van der Waals surface area contributed by atoms with Crippen LogP contribution in [0.3, 0.4) is 0 Å². The lowest BCUT2D eigenvalue weighted by molar-refractivity contribution is -0.116. The standard InChI is InChI=1S/C16H14Cl2FNO2/c1-22-14-4-2-3-13(16(14)18)20(15(21)9-17)10-11-5-7-12(19)8-6-11/h2-8H,9-10H2,1H3. The lowest BCUT2D eigenvalue weighted by Gasteiger charge is -2.24. The first-order valence-corrected chi connectivity index (χ1v) is 7.41. The molecule has 22 heavy (non-hydrogen) atoms. The van der Waals surface area contributed by atoms with Crippen LogP contribution in [0.2, 0.25) is 5.02 Å². The molecule has 0 aliphatic carbocycles. The van der Waals surface area contributed by atoms with Crippen LogP contribution in [0.5, 0.6) is 5.75 Å². The molecule has 0 unspecified atom stereocenters. The number of halogens is 3. The lowest BCUT2D eigenvalue weighted by atomic mass is 10.2. The van der Waals surface area contributed by atoms with Crippen LogP contribution in [0, 0.1) is 5.82 Å². The predicted octanol–water partition coefficient (Wildman–Crippen LogP) is 4.26. The molecule has 116 valence electrons. The number of methoxy groups -OCH3 is 1. The Labute approximate surface area is 138 Å². The highest BCUT2D eigenvalue weighted by Crippen LogP contribution is 2.35. The third-order valence-corrected chi connectivity index (χ3v) is 3.73. The Bertz CT molecular complexity index is 662. The quantitative estimate of drug-likeness (QED) is 0.760. The molecule has 0 N–H and O–H groups in total.